The van der Waals surface area contributed by atoms with E-state index >= 15 is 0 Å². The van der Waals surface area contributed by atoms with Crippen molar-refractivity contribution in [2.24, 2.45) is 29.4 Å². The maximum atomic E-state index is 14.6. The number of nitrogens with two attached hydrogens (primary N) is 1. The summed E-state index contributed by atoms with van der Waals surface area (Å²) in [6.45, 7) is 31.5. The van der Waals surface area contributed by atoms with Gasteiger partial charge in [-0.25, -0.2) is 0 Å². The molecule has 0 aromatic rings. The SMILES string of the molecule is CCCCCCCC[N+]1([O-])C(C)(C)CC(N)(C(=O)NCC(=O)N[C@@H](CC(C)C)C(=O)NC(C)(C)C(=O)NCC(=O)NCC(=O)N[C@@H](CC(C)C)C(=O)NC2(C(=O)NCC(=O)N[C@H](C(=O)N[C@H](CO)CC(C)C)[C@@H](C)CC)CC(C)(C)[NH+]([O-])C(C)(C)C2)CC1(C)C. The Morgan fingerprint density at radius 3 is 1.49 bits per heavy atom. The Morgan fingerprint density at radius 2 is 1.01 bits per heavy atom. The Balaban J connectivity index is 2.13. The molecule has 518 valence electrons. The Kier molecular flexibility index (Phi) is 30.3. The van der Waals surface area contributed by atoms with Crippen LogP contribution in [0.4, 0.5) is 0 Å². The Morgan fingerprint density at radius 1 is 0.567 bits per heavy atom. The van der Waals surface area contributed by atoms with Gasteiger partial charge in [-0.3, -0.25) is 47.9 Å². The fourth-order valence-corrected chi connectivity index (χ4v) is 13.4. The second-order valence-corrected chi connectivity index (χ2v) is 30.3. The number of nitrogens with one attached hydrogen (secondary N) is 11. The summed E-state index contributed by atoms with van der Waals surface area (Å²) < 4.78 is -0.500. The van der Waals surface area contributed by atoms with Crippen molar-refractivity contribution < 1.29 is 62.8 Å². The summed E-state index contributed by atoms with van der Waals surface area (Å²) in [6, 6.07) is -3.94. The summed E-state index contributed by atoms with van der Waals surface area (Å²) in [5.74, 6) is -7.54. The molecule has 0 unspecified atom stereocenters. The first kappa shape index (κ1) is 80.6. The normalized spacial score (nSPS) is 23.4. The molecule has 90 heavy (non-hydrogen) atoms. The van der Waals surface area contributed by atoms with E-state index in [4.69, 9.17) is 5.73 Å². The lowest BCUT2D eigenvalue weighted by Gasteiger charge is -2.68. The highest BCUT2D eigenvalue weighted by Crippen LogP contribution is 2.48. The fraction of sp³-hybridized carbons (Fsp3) is 0.844. The Hall–Kier alpha value is -5.54. The highest BCUT2D eigenvalue weighted by Gasteiger charge is 2.61. The van der Waals surface area contributed by atoms with E-state index < -0.39 is 153 Å². The minimum absolute atomic E-state index is 0.0792. The molecule has 0 saturated carbocycles. The van der Waals surface area contributed by atoms with E-state index in [9.17, 15) is 63.5 Å². The molecule has 2 aliphatic rings. The van der Waals surface area contributed by atoms with E-state index in [2.05, 4.69) is 60.1 Å². The van der Waals surface area contributed by atoms with Crippen molar-refractivity contribution in [2.75, 3.05) is 39.3 Å². The zero-order valence-corrected chi connectivity index (χ0v) is 58.1. The van der Waals surface area contributed by atoms with Crippen molar-refractivity contribution in [3.8, 4) is 0 Å². The van der Waals surface area contributed by atoms with E-state index in [1.165, 1.54) is 13.8 Å². The van der Waals surface area contributed by atoms with Gasteiger partial charge in [0.05, 0.1) is 67.5 Å². The molecule has 2 fully saturated rings. The molecule has 10 amide bonds. The average molecular weight is 1280 g/mol. The van der Waals surface area contributed by atoms with Gasteiger partial charge in [-0.1, -0.05) is 94.4 Å². The molecular formula is C64H119N13O13. The number of piperidine rings is 2. The number of nitrogens with zero attached hydrogens (tertiary/aromatic N) is 1. The van der Waals surface area contributed by atoms with E-state index in [-0.39, 0.29) is 73.9 Å². The smallest absolute Gasteiger partial charge is 0.246 e. The lowest BCUT2D eigenvalue weighted by atomic mass is 9.68. The van der Waals surface area contributed by atoms with Crippen molar-refractivity contribution in [2.45, 2.75) is 284 Å². The summed E-state index contributed by atoms with van der Waals surface area (Å²) in [6.07, 6.45) is 7.26. The molecule has 14 N–H and O–H groups in total. The topological polar surface area (TPSA) is 388 Å². The third-order valence-electron chi connectivity index (χ3n) is 17.8. The van der Waals surface area contributed by atoms with E-state index in [1.54, 1.807) is 34.6 Å². The van der Waals surface area contributed by atoms with Crippen molar-refractivity contribution in [1.82, 2.24) is 53.2 Å². The molecule has 5 atom stereocenters. The number of aliphatic hydroxyl groups is 1. The van der Waals surface area contributed by atoms with Gasteiger partial charge in [0.25, 0.3) is 0 Å². The van der Waals surface area contributed by atoms with Gasteiger partial charge >= 0.3 is 0 Å². The molecule has 26 nitrogen and oxygen atoms in total. The van der Waals surface area contributed by atoms with E-state index in [0.717, 1.165) is 38.5 Å². The first-order valence-corrected chi connectivity index (χ1v) is 32.8. The number of quaternary nitrogens is 2. The second-order valence-electron chi connectivity index (χ2n) is 30.3. The van der Waals surface area contributed by atoms with E-state index in [0.29, 0.717) is 19.4 Å². The molecule has 2 aliphatic heterocycles. The van der Waals surface area contributed by atoms with Crippen molar-refractivity contribution >= 4 is 59.1 Å². The first-order chi connectivity index (χ1) is 41.3. The number of hydroxylamine groups is 5. The molecule has 2 heterocycles. The zero-order chi connectivity index (χ0) is 69.2. The number of hydrogen-bond donors (Lipinski definition) is 13. The molecule has 2 rings (SSSR count). The third kappa shape index (κ3) is 23.2. The molecular weight excluding hydrogens is 1160 g/mol. The predicted molar refractivity (Wildman–Crippen MR) is 346 cm³/mol. The Bertz CT molecular complexity index is 2430. The number of hydrogen-bond acceptors (Lipinski definition) is 14. The molecule has 26 heteroatoms. The molecule has 0 aromatic heterocycles. The highest BCUT2D eigenvalue weighted by molar-refractivity contribution is 5.99. The van der Waals surface area contributed by atoms with Crippen LogP contribution in [0.25, 0.3) is 0 Å². The molecule has 0 bridgehead atoms. The number of aliphatic hydroxyl groups excluding tert-OH is 1. The first-order valence-electron chi connectivity index (χ1n) is 32.8. The number of carbonyl (C=O) groups excluding carboxylic acids is 10. The van der Waals surface area contributed by atoms with Crippen LogP contribution in [0, 0.1) is 34.1 Å². The van der Waals surface area contributed by atoms with Crippen LogP contribution in [-0.2, 0) is 47.9 Å². The largest absolute Gasteiger partial charge is 0.634 e. The predicted octanol–water partition coefficient (Wildman–Crippen LogP) is 1.77. The summed E-state index contributed by atoms with van der Waals surface area (Å²) in [4.78, 5) is 137. The van der Waals surface area contributed by atoms with Gasteiger partial charge in [0.15, 0.2) is 0 Å². The van der Waals surface area contributed by atoms with Gasteiger partial charge in [-0.05, 0) is 125 Å². The zero-order valence-electron chi connectivity index (χ0n) is 58.1. The number of carbonyl (C=O) groups is 10. The minimum atomic E-state index is -1.78. The summed E-state index contributed by atoms with van der Waals surface area (Å²) in [7, 11) is 0. The van der Waals surface area contributed by atoms with Crippen LogP contribution < -0.4 is 64.0 Å². The molecule has 0 spiro atoms. The lowest BCUT2D eigenvalue weighted by molar-refractivity contribution is -0.979. The summed E-state index contributed by atoms with van der Waals surface area (Å²) in [5.41, 5.74) is -2.19. The van der Waals surface area contributed by atoms with Gasteiger partial charge in [0.1, 0.15) is 34.7 Å². The molecule has 0 aliphatic carbocycles. The Labute approximate surface area is 536 Å². The highest BCUT2D eigenvalue weighted by atomic mass is 16.6. The maximum Gasteiger partial charge on any atom is 0.246 e. The van der Waals surface area contributed by atoms with Crippen molar-refractivity contribution in [3.05, 3.63) is 10.4 Å². The standard InChI is InChI=1S/C64H119N13O13/c1-20-22-23-24-25-26-27-77(90)60(14,15)38-63(65,39-61(77,16)17)56(87)68-33-49(81)71-45(29-41(5)6)52(83)74-62(18,19)55(86)67-31-47(79)66-32-48(80)72-46(30-42(7)8)53(84)75-64(36-58(10,11)76(89)59(12,13)37-64)57(88)69-34-50(82)73-51(43(9)21-2)54(85)70-44(35-78)28-40(3)4/h40-46,51,76,78H,20-39,65H2,1-19H3,(H,66,79)(H,67,86)(H,68,87)(H,69,88)(H,70,85)(H,71,81)(H,72,80)(H,73,82)(H,74,83)(H,75,84)/t43-,44-,45-,46-,51-,63?,77?/m0/s1. The van der Waals surface area contributed by atoms with Gasteiger partial charge in [-0.15, -0.1) is 0 Å². The summed E-state index contributed by atoms with van der Waals surface area (Å²) in [5, 5.41) is 64.6. The number of rotatable bonds is 36. The second kappa shape index (κ2) is 33.9. The van der Waals surface area contributed by atoms with Gasteiger partial charge < -0.3 is 84.1 Å². The van der Waals surface area contributed by atoms with Crippen LogP contribution in [0.2, 0.25) is 0 Å². The van der Waals surface area contributed by atoms with Crippen LogP contribution in [0.1, 0.15) is 221 Å². The minimum Gasteiger partial charge on any atom is -0.634 e. The van der Waals surface area contributed by atoms with Gasteiger partial charge in [0.2, 0.25) is 59.1 Å². The van der Waals surface area contributed by atoms with Gasteiger partial charge in [0, 0.05) is 25.7 Å². The monoisotopic (exact) mass is 1280 g/mol. The third-order valence-corrected chi connectivity index (χ3v) is 17.8. The van der Waals surface area contributed by atoms with E-state index in [1.807, 2.05) is 76.2 Å². The van der Waals surface area contributed by atoms with Gasteiger partial charge in [-0.2, -0.15) is 0 Å². The van der Waals surface area contributed by atoms with Crippen molar-refractivity contribution in [1.29, 1.82) is 0 Å². The van der Waals surface area contributed by atoms with Crippen LogP contribution >= 0.6 is 0 Å². The lowest BCUT2D eigenvalue weighted by Crippen LogP contribution is -3.24. The van der Waals surface area contributed by atoms with Crippen LogP contribution in [0.3, 0.4) is 0 Å². The summed E-state index contributed by atoms with van der Waals surface area (Å²) >= 11 is 0. The average Bonchev–Trinajstić information content (AvgIpc) is 0.731. The van der Waals surface area contributed by atoms with Crippen LogP contribution in [0.5, 0.6) is 0 Å². The van der Waals surface area contributed by atoms with Crippen LogP contribution in [-0.4, -0.2) is 171 Å². The number of likely N-dealkylation sites (tertiary alicyclic amines) is 1. The van der Waals surface area contributed by atoms with Crippen LogP contribution in [0.15, 0.2) is 0 Å². The number of unbranched alkanes of at least 4 members (excludes halogenated alkanes) is 5. The molecule has 2 saturated heterocycles. The quantitative estimate of drug-likeness (QED) is 0.0242. The molecule has 0 aromatic carbocycles. The maximum absolute atomic E-state index is 14.6. The van der Waals surface area contributed by atoms with Crippen molar-refractivity contribution in [3.63, 3.8) is 0 Å². The fourth-order valence-electron chi connectivity index (χ4n) is 13.4. The molecule has 0 radical (unpaired) electrons. The number of amides is 10.